The zero-order chi connectivity index (χ0) is 22.8. The molecule has 0 aromatic carbocycles. The van der Waals surface area contributed by atoms with Crippen molar-refractivity contribution in [3.05, 3.63) is 0 Å². The first kappa shape index (κ1) is 26.8. The highest BCUT2D eigenvalue weighted by molar-refractivity contribution is 5.77. The Hall–Kier alpha value is -1.24. The van der Waals surface area contributed by atoms with Crippen LogP contribution < -0.4 is 0 Å². The van der Waals surface area contributed by atoms with E-state index in [-0.39, 0.29) is 0 Å². The SMILES string of the molecule is CCC(C)(C(=O)OCC(OC(OC)C(C)C)(C(F)(F)F)C(F)(F)F)C(F)(F)F. The van der Waals surface area contributed by atoms with Gasteiger partial charge in [-0.25, -0.2) is 0 Å². The van der Waals surface area contributed by atoms with Gasteiger partial charge in [-0.1, -0.05) is 20.8 Å². The zero-order valence-corrected chi connectivity index (χ0v) is 15.6. The van der Waals surface area contributed by atoms with Gasteiger partial charge in [0.1, 0.15) is 6.61 Å². The lowest BCUT2D eigenvalue weighted by Gasteiger charge is -2.40. The lowest BCUT2D eigenvalue weighted by atomic mass is 9.87. The Morgan fingerprint density at radius 1 is 0.893 bits per heavy atom. The van der Waals surface area contributed by atoms with E-state index in [0.717, 1.165) is 14.0 Å². The molecule has 28 heavy (non-hydrogen) atoms. The third-order valence-electron chi connectivity index (χ3n) is 4.20. The first-order valence-electron chi connectivity index (χ1n) is 7.88. The molecular formula is C15H21F9O4. The number of hydrogen-bond acceptors (Lipinski definition) is 4. The van der Waals surface area contributed by atoms with Crippen LogP contribution in [0.15, 0.2) is 0 Å². The molecule has 0 saturated heterocycles. The van der Waals surface area contributed by atoms with Crippen LogP contribution in [0.3, 0.4) is 0 Å². The van der Waals surface area contributed by atoms with Crippen LogP contribution in [-0.2, 0) is 19.0 Å². The van der Waals surface area contributed by atoms with Crippen LogP contribution in [-0.4, -0.2) is 50.1 Å². The van der Waals surface area contributed by atoms with Crippen molar-refractivity contribution in [1.82, 2.24) is 0 Å². The van der Waals surface area contributed by atoms with Crippen molar-refractivity contribution in [1.29, 1.82) is 0 Å². The summed E-state index contributed by atoms with van der Waals surface area (Å²) in [4.78, 5) is 11.8. The van der Waals surface area contributed by atoms with Gasteiger partial charge in [0.25, 0.3) is 5.60 Å². The minimum Gasteiger partial charge on any atom is -0.461 e. The van der Waals surface area contributed by atoms with E-state index in [9.17, 15) is 44.3 Å². The van der Waals surface area contributed by atoms with Crippen molar-refractivity contribution in [2.75, 3.05) is 13.7 Å². The molecule has 2 unspecified atom stereocenters. The molecule has 0 aliphatic rings. The zero-order valence-electron chi connectivity index (χ0n) is 15.6. The molecule has 0 rings (SSSR count). The van der Waals surface area contributed by atoms with Gasteiger partial charge in [0, 0.05) is 13.0 Å². The first-order valence-corrected chi connectivity index (χ1v) is 7.88. The highest BCUT2D eigenvalue weighted by Gasteiger charge is 2.74. The summed E-state index contributed by atoms with van der Waals surface area (Å²) in [6, 6.07) is 0. The summed E-state index contributed by atoms with van der Waals surface area (Å²) in [5, 5.41) is 0. The summed E-state index contributed by atoms with van der Waals surface area (Å²) < 4.78 is 132. The van der Waals surface area contributed by atoms with Gasteiger partial charge in [0.05, 0.1) is 0 Å². The molecule has 0 radical (unpaired) electrons. The maximum absolute atomic E-state index is 13.4. The summed E-state index contributed by atoms with van der Waals surface area (Å²) in [6.45, 7) is 1.01. The van der Waals surface area contributed by atoms with Crippen LogP contribution in [0, 0.1) is 11.3 Å². The molecule has 0 N–H and O–H groups in total. The number of carbonyl (C=O) groups excluding carboxylic acids is 1. The smallest absolute Gasteiger partial charge is 0.430 e. The normalized spacial score (nSPS) is 17.4. The summed E-state index contributed by atoms with van der Waals surface area (Å²) in [6.07, 6.45) is -20.6. The Morgan fingerprint density at radius 2 is 1.32 bits per heavy atom. The Kier molecular flexibility index (Phi) is 8.25. The monoisotopic (exact) mass is 436 g/mol. The fourth-order valence-corrected chi connectivity index (χ4v) is 1.93. The number of rotatable bonds is 8. The van der Waals surface area contributed by atoms with E-state index in [1.54, 1.807) is 0 Å². The molecule has 0 aromatic heterocycles. The van der Waals surface area contributed by atoms with Gasteiger partial charge in [0.15, 0.2) is 11.7 Å². The number of alkyl halides is 9. The molecule has 13 heteroatoms. The van der Waals surface area contributed by atoms with Gasteiger partial charge < -0.3 is 14.2 Å². The minimum atomic E-state index is -6.18. The third kappa shape index (κ3) is 5.22. The standard InChI is InChI=1S/C15H21F9O4/c1-6-11(4,13(16,17)18)10(25)27-7-12(14(19,20)21,15(22,23)24)28-9(26-5)8(2)3/h8-9H,6-7H2,1-5H3. The molecule has 0 saturated carbocycles. The molecule has 0 amide bonds. The van der Waals surface area contributed by atoms with E-state index in [1.807, 2.05) is 0 Å². The van der Waals surface area contributed by atoms with Crippen LogP contribution >= 0.6 is 0 Å². The summed E-state index contributed by atoms with van der Waals surface area (Å²) >= 11 is 0. The highest BCUT2D eigenvalue weighted by atomic mass is 19.4. The van der Waals surface area contributed by atoms with Crippen LogP contribution in [0.25, 0.3) is 0 Å². The molecule has 0 fully saturated rings. The number of hydrogen-bond donors (Lipinski definition) is 0. The van der Waals surface area contributed by atoms with Crippen molar-refractivity contribution >= 4 is 5.97 Å². The van der Waals surface area contributed by atoms with Crippen LogP contribution in [0.1, 0.15) is 34.1 Å². The molecular weight excluding hydrogens is 415 g/mol. The van der Waals surface area contributed by atoms with Crippen molar-refractivity contribution in [2.24, 2.45) is 11.3 Å². The van der Waals surface area contributed by atoms with E-state index in [0.29, 0.717) is 6.92 Å². The number of methoxy groups -OCH3 is 1. The molecule has 0 heterocycles. The van der Waals surface area contributed by atoms with Gasteiger partial charge in [-0.3, -0.25) is 4.79 Å². The Balaban J connectivity index is 6.08. The molecule has 168 valence electrons. The fraction of sp³-hybridized carbons (Fsp3) is 0.933. The molecule has 0 aliphatic heterocycles. The minimum absolute atomic E-state index is 0.311. The lowest BCUT2D eigenvalue weighted by Crippen LogP contribution is -2.64. The molecule has 4 nitrogen and oxygen atoms in total. The summed E-state index contributed by atoms with van der Waals surface area (Å²) in [7, 11) is 0.784. The van der Waals surface area contributed by atoms with Crippen LogP contribution in [0.5, 0.6) is 0 Å². The first-order chi connectivity index (χ1) is 12.3. The quantitative estimate of drug-likeness (QED) is 0.305. The second kappa shape index (κ2) is 8.64. The number of halogens is 9. The van der Waals surface area contributed by atoms with E-state index in [2.05, 4.69) is 14.2 Å². The molecule has 0 aromatic rings. The molecule has 0 bridgehead atoms. The largest absolute Gasteiger partial charge is 0.461 e. The van der Waals surface area contributed by atoms with E-state index in [4.69, 9.17) is 0 Å². The van der Waals surface area contributed by atoms with Crippen molar-refractivity contribution in [3.8, 4) is 0 Å². The average molecular weight is 436 g/mol. The maximum Gasteiger partial charge on any atom is 0.430 e. The van der Waals surface area contributed by atoms with Crippen LogP contribution in [0.2, 0.25) is 0 Å². The Morgan fingerprint density at radius 3 is 1.57 bits per heavy atom. The number of ether oxygens (including phenoxy) is 3. The number of esters is 1. The maximum atomic E-state index is 13.4. The van der Waals surface area contributed by atoms with E-state index < -0.39 is 60.7 Å². The van der Waals surface area contributed by atoms with Gasteiger partial charge in [-0.15, -0.1) is 0 Å². The predicted molar refractivity (Wildman–Crippen MR) is 77.0 cm³/mol. The van der Waals surface area contributed by atoms with Gasteiger partial charge in [0.2, 0.25) is 0 Å². The van der Waals surface area contributed by atoms with Gasteiger partial charge in [-0.2, -0.15) is 39.5 Å². The molecule has 0 aliphatic carbocycles. The fourth-order valence-electron chi connectivity index (χ4n) is 1.93. The average Bonchev–Trinajstić information content (AvgIpc) is 2.49. The van der Waals surface area contributed by atoms with Gasteiger partial charge in [-0.05, 0) is 13.3 Å². The molecule has 0 spiro atoms. The van der Waals surface area contributed by atoms with Crippen molar-refractivity contribution in [2.45, 2.75) is 64.5 Å². The van der Waals surface area contributed by atoms with Crippen LogP contribution in [0.4, 0.5) is 39.5 Å². The topological polar surface area (TPSA) is 44.8 Å². The summed E-state index contributed by atoms with van der Waals surface area (Å²) in [5.41, 5.74) is -8.38. The second-order valence-corrected chi connectivity index (χ2v) is 6.55. The van der Waals surface area contributed by atoms with E-state index >= 15 is 0 Å². The third-order valence-corrected chi connectivity index (χ3v) is 4.20. The Labute approximate surface area is 155 Å². The summed E-state index contributed by atoms with van der Waals surface area (Å²) in [5.74, 6) is -3.29. The van der Waals surface area contributed by atoms with E-state index in [1.165, 1.54) is 13.8 Å². The lowest BCUT2D eigenvalue weighted by molar-refractivity contribution is -0.417. The predicted octanol–water partition coefficient (Wildman–Crippen LogP) is 5.02. The highest BCUT2D eigenvalue weighted by Crippen LogP contribution is 2.48. The number of carbonyl (C=O) groups is 1. The van der Waals surface area contributed by atoms with Crippen molar-refractivity contribution in [3.63, 3.8) is 0 Å². The Bertz CT molecular complexity index is 511. The van der Waals surface area contributed by atoms with Gasteiger partial charge >= 0.3 is 24.5 Å². The van der Waals surface area contributed by atoms with Crippen molar-refractivity contribution < 1.29 is 58.5 Å². The molecule has 2 atom stereocenters. The second-order valence-electron chi connectivity index (χ2n) is 6.55.